The zero-order valence-electron chi connectivity index (χ0n) is 9.99. The highest BCUT2D eigenvalue weighted by Gasteiger charge is 2.04. The molecule has 0 aliphatic carbocycles. The molecule has 16 heavy (non-hydrogen) atoms. The molecule has 0 fully saturated rings. The molecule has 1 aromatic carbocycles. The van der Waals surface area contributed by atoms with Crippen molar-refractivity contribution in [3.63, 3.8) is 0 Å². The fourth-order valence-corrected chi connectivity index (χ4v) is 2.39. The van der Waals surface area contributed by atoms with Gasteiger partial charge in [-0.2, -0.15) is 0 Å². The molecule has 84 valence electrons. The highest BCUT2D eigenvalue weighted by molar-refractivity contribution is 8.03. The highest BCUT2D eigenvalue weighted by atomic mass is 32.2. The van der Waals surface area contributed by atoms with Crippen LogP contribution in [0, 0.1) is 6.92 Å². The minimum atomic E-state index is 0.953. The third kappa shape index (κ3) is 3.74. The Labute approximate surface area is 103 Å². The van der Waals surface area contributed by atoms with Gasteiger partial charge in [-0.15, -0.1) is 0 Å². The molecule has 0 atom stereocenters. The van der Waals surface area contributed by atoms with Crippen LogP contribution >= 0.6 is 11.8 Å². The molecule has 0 unspecified atom stereocenters. The number of allylic oxidation sites excluding steroid dienone is 4. The van der Waals surface area contributed by atoms with Crippen molar-refractivity contribution < 1.29 is 0 Å². The van der Waals surface area contributed by atoms with E-state index in [1.54, 1.807) is 11.8 Å². The maximum Gasteiger partial charge on any atom is 0.0156 e. The van der Waals surface area contributed by atoms with E-state index in [9.17, 15) is 0 Å². The van der Waals surface area contributed by atoms with Crippen molar-refractivity contribution in [3.05, 3.63) is 65.6 Å². The Morgan fingerprint density at radius 1 is 1.44 bits per heavy atom. The topological polar surface area (TPSA) is 0 Å². The Hall–Kier alpha value is -1.21. The summed E-state index contributed by atoms with van der Waals surface area (Å²) >= 11 is 1.74. The van der Waals surface area contributed by atoms with Gasteiger partial charge in [0, 0.05) is 4.90 Å². The van der Waals surface area contributed by atoms with Crippen molar-refractivity contribution in [2.45, 2.75) is 25.2 Å². The van der Waals surface area contributed by atoms with Gasteiger partial charge in [0.25, 0.3) is 0 Å². The molecule has 0 N–H and O–H groups in total. The summed E-state index contributed by atoms with van der Waals surface area (Å²) in [7, 11) is 0. The van der Waals surface area contributed by atoms with Crippen LogP contribution < -0.4 is 0 Å². The summed E-state index contributed by atoms with van der Waals surface area (Å²) in [5.74, 6) is 0. The second-order valence-corrected chi connectivity index (χ2v) is 5.06. The largest absolute Gasteiger partial charge is 0.0991 e. The van der Waals surface area contributed by atoms with Crippen molar-refractivity contribution in [3.8, 4) is 0 Å². The van der Waals surface area contributed by atoms with Crippen molar-refractivity contribution in [1.29, 1.82) is 0 Å². The van der Waals surface area contributed by atoms with Gasteiger partial charge in [-0.05, 0) is 42.4 Å². The first-order chi connectivity index (χ1) is 7.65. The maximum atomic E-state index is 3.95. The second kappa shape index (κ2) is 6.39. The standard InChI is InChI=1S/C15H18S/c1-5-6-7-10-14-13(4)9-8-11-15(14)16-12(2)3/h5-9,11H,1-2,10H2,3-4H3/b7-6-. The summed E-state index contributed by atoms with van der Waals surface area (Å²) in [4.78, 5) is 2.43. The summed E-state index contributed by atoms with van der Waals surface area (Å²) in [6.45, 7) is 11.8. The van der Waals surface area contributed by atoms with E-state index < -0.39 is 0 Å². The molecule has 0 amide bonds. The smallest absolute Gasteiger partial charge is 0.0156 e. The van der Waals surface area contributed by atoms with E-state index >= 15 is 0 Å². The van der Waals surface area contributed by atoms with Crippen LogP contribution in [0.15, 0.2) is 59.4 Å². The van der Waals surface area contributed by atoms with E-state index in [2.05, 4.69) is 44.4 Å². The van der Waals surface area contributed by atoms with Crippen molar-refractivity contribution >= 4 is 11.8 Å². The molecule has 0 spiro atoms. The average Bonchev–Trinajstić information content (AvgIpc) is 2.21. The first kappa shape index (κ1) is 12.9. The summed E-state index contributed by atoms with van der Waals surface area (Å²) in [6.07, 6.45) is 6.89. The minimum Gasteiger partial charge on any atom is -0.0991 e. The van der Waals surface area contributed by atoms with E-state index in [1.165, 1.54) is 16.0 Å². The molecule has 0 bridgehead atoms. The van der Waals surface area contributed by atoms with E-state index in [0.717, 1.165) is 11.3 Å². The Morgan fingerprint density at radius 2 is 2.19 bits per heavy atom. The normalized spacial score (nSPS) is 10.6. The number of hydrogen-bond donors (Lipinski definition) is 0. The van der Waals surface area contributed by atoms with Crippen molar-refractivity contribution in [1.82, 2.24) is 0 Å². The number of hydrogen-bond acceptors (Lipinski definition) is 1. The van der Waals surface area contributed by atoms with Gasteiger partial charge in [-0.3, -0.25) is 0 Å². The molecule has 0 saturated heterocycles. The minimum absolute atomic E-state index is 0.953. The molecule has 0 aliphatic heterocycles. The average molecular weight is 230 g/mol. The summed E-state index contributed by atoms with van der Waals surface area (Å²) in [5.41, 5.74) is 2.72. The van der Waals surface area contributed by atoms with Crippen molar-refractivity contribution in [2.24, 2.45) is 0 Å². The Kier molecular flexibility index (Phi) is 5.13. The van der Waals surface area contributed by atoms with Gasteiger partial charge in [0.15, 0.2) is 0 Å². The van der Waals surface area contributed by atoms with Crippen LogP contribution in [0.25, 0.3) is 0 Å². The van der Waals surface area contributed by atoms with Crippen LogP contribution in [-0.4, -0.2) is 0 Å². The predicted molar refractivity (Wildman–Crippen MR) is 74.9 cm³/mol. The predicted octanol–water partition coefficient (Wildman–Crippen LogP) is 4.91. The lowest BCUT2D eigenvalue weighted by molar-refractivity contribution is 1.13. The molecule has 0 aromatic heterocycles. The van der Waals surface area contributed by atoms with E-state index in [4.69, 9.17) is 0 Å². The van der Waals surface area contributed by atoms with Gasteiger partial charge in [0.2, 0.25) is 0 Å². The lowest BCUT2D eigenvalue weighted by Gasteiger charge is -2.10. The first-order valence-electron chi connectivity index (χ1n) is 5.34. The van der Waals surface area contributed by atoms with E-state index in [-0.39, 0.29) is 0 Å². The first-order valence-corrected chi connectivity index (χ1v) is 6.16. The van der Waals surface area contributed by atoms with Crippen LogP contribution in [0.2, 0.25) is 0 Å². The van der Waals surface area contributed by atoms with Gasteiger partial charge < -0.3 is 0 Å². The zero-order chi connectivity index (χ0) is 12.0. The summed E-state index contributed by atoms with van der Waals surface area (Å²) in [5, 5.41) is 0. The molecule has 0 heterocycles. The van der Waals surface area contributed by atoms with Crippen LogP contribution in [0.1, 0.15) is 18.1 Å². The van der Waals surface area contributed by atoms with E-state index in [0.29, 0.717) is 0 Å². The van der Waals surface area contributed by atoms with Crippen LogP contribution in [-0.2, 0) is 6.42 Å². The Morgan fingerprint density at radius 3 is 2.81 bits per heavy atom. The summed E-state index contributed by atoms with van der Waals surface area (Å²) in [6, 6.07) is 6.41. The monoisotopic (exact) mass is 230 g/mol. The lowest BCUT2D eigenvalue weighted by atomic mass is 10.1. The van der Waals surface area contributed by atoms with Gasteiger partial charge in [-0.1, -0.05) is 55.3 Å². The van der Waals surface area contributed by atoms with Gasteiger partial charge in [0.1, 0.15) is 0 Å². The third-order valence-electron chi connectivity index (χ3n) is 2.25. The number of aryl methyl sites for hydroxylation is 1. The Balaban J connectivity index is 2.98. The molecular weight excluding hydrogens is 212 g/mol. The molecule has 0 radical (unpaired) electrons. The van der Waals surface area contributed by atoms with Crippen LogP contribution in [0.3, 0.4) is 0 Å². The number of thioether (sulfide) groups is 1. The molecule has 0 nitrogen and oxygen atoms in total. The highest BCUT2D eigenvalue weighted by Crippen LogP contribution is 2.30. The SMILES string of the molecule is C=C/C=C\Cc1c(C)cccc1SC(=C)C. The maximum absolute atomic E-state index is 3.95. The summed E-state index contributed by atoms with van der Waals surface area (Å²) < 4.78 is 0. The fourth-order valence-electron chi connectivity index (χ4n) is 1.50. The molecule has 1 aromatic rings. The van der Waals surface area contributed by atoms with Gasteiger partial charge in [-0.25, -0.2) is 0 Å². The number of benzene rings is 1. The van der Waals surface area contributed by atoms with Gasteiger partial charge >= 0.3 is 0 Å². The lowest BCUT2D eigenvalue weighted by Crippen LogP contribution is -1.90. The molecule has 1 rings (SSSR count). The van der Waals surface area contributed by atoms with Crippen LogP contribution in [0.4, 0.5) is 0 Å². The number of rotatable bonds is 5. The van der Waals surface area contributed by atoms with Crippen molar-refractivity contribution in [2.75, 3.05) is 0 Å². The van der Waals surface area contributed by atoms with E-state index in [1.807, 2.05) is 19.1 Å². The second-order valence-electron chi connectivity index (χ2n) is 3.72. The zero-order valence-corrected chi connectivity index (χ0v) is 10.8. The fraction of sp³-hybridized carbons (Fsp3) is 0.200. The molecular formula is C15H18S. The molecule has 1 heteroatoms. The molecule has 0 saturated carbocycles. The third-order valence-corrected chi connectivity index (χ3v) is 3.20. The quantitative estimate of drug-likeness (QED) is 0.512. The Bertz CT molecular complexity index is 413. The van der Waals surface area contributed by atoms with Gasteiger partial charge in [0.05, 0.1) is 0 Å². The molecule has 0 aliphatic rings. The van der Waals surface area contributed by atoms with Crippen LogP contribution in [0.5, 0.6) is 0 Å².